The lowest BCUT2D eigenvalue weighted by molar-refractivity contribution is 0.450. The summed E-state index contributed by atoms with van der Waals surface area (Å²) in [6.07, 6.45) is 0. The normalized spacial score (nSPS) is 11.9. The Morgan fingerprint density at radius 3 is 2.30 bits per heavy atom. The second-order valence-corrected chi connectivity index (χ2v) is 4.12. The Kier molecular flexibility index (Phi) is 1.68. The van der Waals surface area contributed by atoms with Crippen LogP contribution in [-0.2, 0) is 5.41 Å². The van der Waals surface area contributed by atoms with Crippen molar-refractivity contribution in [3.8, 4) is 5.88 Å². The van der Waals surface area contributed by atoms with Crippen molar-refractivity contribution in [3.63, 3.8) is 0 Å². The van der Waals surface area contributed by atoms with Gasteiger partial charge in [-0.15, -0.1) is 11.3 Å². The zero-order valence-electron chi connectivity index (χ0n) is 6.38. The summed E-state index contributed by atoms with van der Waals surface area (Å²) in [5.74, 6) is 0.134. The van der Waals surface area contributed by atoms with Gasteiger partial charge >= 0.3 is 0 Å². The molecule has 0 aliphatic heterocycles. The average Bonchev–Trinajstić information content (AvgIpc) is 2.11. The molecule has 10 heavy (non-hydrogen) atoms. The molecule has 3 heteroatoms. The fourth-order valence-corrected chi connectivity index (χ4v) is 1.38. The molecule has 1 N–H and O–H groups in total. The summed E-state index contributed by atoms with van der Waals surface area (Å²) in [5.41, 5.74) is 0.0612. The second-order valence-electron chi connectivity index (χ2n) is 3.26. The molecule has 0 fully saturated rings. The molecule has 0 aliphatic rings. The first-order chi connectivity index (χ1) is 4.50. The molecule has 56 valence electrons. The Balaban J connectivity index is 2.96. The maximum Gasteiger partial charge on any atom is 0.222 e. The van der Waals surface area contributed by atoms with Gasteiger partial charge in [-0.1, -0.05) is 20.8 Å². The van der Waals surface area contributed by atoms with E-state index in [9.17, 15) is 0 Å². The molecule has 0 atom stereocenters. The van der Waals surface area contributed by atoms with Gasteiger partial charge in [0.25, 0.3) is 0 Å². The quantitative estimate of drug-likeness (QED) is 0.626. The summed E-state index contributed by atoms with van der Waals surface area (Å²) in [4.78, 5) is 3.96. The van der Waals surface area contributed by atoms with Gasteiger partial charge in [0.05, 0.1) is 5.38 Å². The van der Waals surface area contributed by atoms with Crippen molar-refractivity contribution < 1.29 is 5.11 Å². The standard InChI is InChI=1S/C7H11NOS/c1-7(2,3)6-8-5(9)4-10-6/h4,9H,1-3H3. The lowest BCUT2D eigenvalue weighted by atomic mass is 9.98. The van der Waals surface area contributed by atoms with Crippen LogP contribution in [0.25, 0.3) is 0 Å². The van der Waals surface area contributed by atoms with Crippen LogP contribution in [0.1, 0.15) is 25.8 Å². The Morgan fingerprint density at radius 2 is 2.10 bits per heavy atom. The van der Waals surface area contributed by atoms with Gasteiger partial charge in [0.15, 0.2) is 0 Å². The third kappa shape index (κ3) is 1.48. The maximum absolute atomic E-state index is 8.92. The monoisotopic (exact) mass is 157 g/mol. The second kappa shape index (κ2) is 2.23. The first kappa shape index (κ1) is 7.54. The minimum absolute atomic E-state index is 0.0612. The highest BCUT2D eigenvalue weighted by Crippen LogP contribution is 2.27. The number of thiazole rings is 1. The molecule has 0 saturated heterocycles. The van der Waals surface area contributed by atoms with Crippen LogP contribution in [0.15, 0.2) is 5.38 Å². The summed E-state index contributed by atoms with van der Waals surface area (Å²) < 4.78 is 0. The molecule has 2 nitrogen and oxygen atoms in total. The van der Waals surface area contributed by atoms with E-state index in [1.165, 1.54) is 11.3 Å². The van der Waals surface area contributed by atoms with Crippen LogP contribution in [0, 0.1) is 0 Å². The van der Waals surface area contributed by atoms with Gasteiger partial charge in [-0.2, -0.15) is 0 Å². The van der Waals surface area contributed by atoms with E-state index in [1.54, 1.807) is 5.38 Å². The Labute approximate surface area is 64.5 Å². The van der Waals surface area contributed by atoms with Gasteiger partial charge in [0, 0.05) is 5.41 Å². The summed E-state index contributed by atoms with van der Waals surface area (Å²) in [5, 5.41) is 11.5. The fraction of sp³-hybridized carbons (Fsp3) is 0.571. The number of hydrogen-bond donors (Lipinski definition) is 1. The Morgan fingerprint density at radius 1 is 1.50 bits per heavy atom. The minimum Gasteiger partial charge on any atom is -0.493 e. The number of aromatic nitrogens is 1. The van der Waals surface area contributed by atoms with E-state index in [0.29, 0.717) is 0 Å². The summed E-state index contributed by atoms with van der Waals surface area (Å²) in [7, 11) is 0. The SMILES string of the molecule is CC(C)(C)c1nc(O)cs1. The molecular weight excluding hydrogens is 146 g/mol. The average molecular weight is 157 g/mol. The van der Waals surface area contributed by atoms with E-state index in [0.717, 1.165) is 5.01 Å². The van der Waals surface area contributed by atoms with Gasteiger partial charge < -0.3 is 5.11 Å². The van der Waals surface area contributed by atoms with Crippen LogP contribution >= 0.6 is 11.3 Å². The summed E-state index contributed by atoms with van der Waals surface area (Å²) in [6, 6.07) is 0. The first-order valence-corrected chi connectivity index (χ1v) is 4.03. The molecule has 0 radical (unpaired) electrons. The number of rotatable bonds is 0. The van der Waals surface area contributed by atoms with Gasteiger partial charge in [-0.05, 0) is 0 Å². The van der Waals surface area contributed by atoms with Gasteiger partial charge in [-0.25, -0.2) is 4.98 Å². The predicted molar refractivity (Wildman–Crippen MR) is 42.5 cm³/mol. The molecule has 0 aliphatic carbocycles. The number of hydrogen-bond acceptors (Lipinski definition) is 3. The van der Waals surface area contributed by atoms with Crippen LogP contribution in [0.5, 0.6) is 5.88 Å². The minimum atomic E-state index is 0.0612. The summed E-state index contributed by atoms with van der Waals surface area (Å²) in [6.45, 7) is 6.22. The van der Waals surface area contributed by atoms with E-state index >= 15 is 0 Å². The molecule has 1 heterocycles. The molecule has 0 spiro atoms. The third-order valence-corrected chi connectivity index (χ3v) is 2.39. The van der Waals surface area contributed by atoms with E-state index < -0.39 is 0 Å². The molecule has 0 amide bonds. The number of nitrogens with zero attached hydrogens (tertiary/aromatic N) is 1. The molecule has 1 aromatic heterocycles. The molecule has 1 aromatic rings. The highest BCUT2D eigenvalue weighted by molar-refractivity contribution is 7.10. The lowest BCUT2D eigenvalue weighted by Crippen LogP contribution is -2.09. The molecule has 0 unspecified atom stereocenters. The van der Waals surface area contributed by atoms with E-state index in [4.69, 9.17) is 5.11 Å². The van der Waals surface area contributed by atoms with Gasteiger partial charge in [-0.3, -0.25) is 0 Å². The topological polar surface area (TPSA) is 33.1 Å². The highest BCUT2D eigenvalue weighted by atomic mass is 32.1. The van der Waals surface area contributed by atoms with Crippen molar-refractivity contribution in [1.82, 2.24) is 4.98 Å². The molecular formula is C7H11NOS. The lowest BCUT2D eigenvalue weighted by Gasteiger charge is -2.12. The van der Waals surface area contributed by atoms with Gasteiger partial charge in [0.1, 0.15) is 5.01 Å². The Hall–Kier alpha value is -0.570. The Bertz CT molecular complexity index is 224. The van der Waals surface area contributed by atoms with Crippen molar-refractivity contribution >= 4 is 11.3 Å². The predicted octanol–water partition coefficient (Wildman–Crippen LogP) is 2.15. The molecule has 0 aromatic carbocycles. The fourth-order valence-electron chi connectivity index (χ4n) is 0.610. The van der Waals surface area contributed by atoms with Crippen LogP contribution < -0.4 is 0 Å². The first-order valence-electron chi connectivity index (χ1n) is 3.15. The smallest absolute Gasteiger partial charge is 0.222 e. The molecule has 0 saturated carbocycles. The van der Waals surface area contributed by atoms with E-state index in [1.807, 2.05) is 0 Å². The third-order valence-electron chi connectivity index (χ3n) is 1.13. The van der Waals surface area contributed by atoms with Crippen LogP contribution in [0.4, 0.5) is 0 Å². The van der Waals surface area contributed by atoms with Crippen LogP contribution in [0.3, 0.4) is 0 Å². The van der Waals surface area contributed by atoms with Crippen LogP contribution in [0.2, 0.25) is 0 Å². The van der Waals surface area contributed by atoms with Crippen LogP contribution in [-0.4, -0.2) is 10.1 Å². The molecule has 1 rings (SSSR count). The molecule has 0 bridgehead atoms. The maximum atomic E-state index is 8.92. The zero-order valence-corrected chi connectivity index (χ0v) is 7.20. The number of aromatic hydroxyl groups is 1. The van der Waals surface area contributed by atoms with Crippen molar-refractivity contribution in [1.29, 1.82) is 0 Å². The largest absolute Gasteiger partial charge is 0.493 e. The van der Waals surface area contributed by atoms with Crippen molar-refractivity contribution in [2.75, 3.05) is 0 Å². The van der Waals surface area contributed by atoms with Crippen molar-refractivity contribution in [3.05, 3.63) is 10.4 Å². The summed E-state index contributed by atoms with van der Waals surface area (Å²) >= 11 is 1.50. The van der Waals surface area contributed by atoms with E-state index in [-0.39, 0.29) is 11.3 Å². The van der Waals surface area contributed by atoms with E-state index in [2.05, 4.69) is 25.8 Å². The van der Waals surface area contributed by atoms with Gasteiger partial charge in [0.2, 0.25) is 5.88 Å². The zero-order chi connectivity index (χ0) is 7.78. The van der Waals surface area contributed by atoms with Crippen molar-refractivity contribution in [2.45, 2.75) is 26.2 Å². The van der Waals surface area contributed by atoms with Crippen molar-refractivity contribution in [2.24, 2.45) is 0 Å². The highest BCUT2D eigenvalue weighted by Gasteiger charge is 2.17.